The minimum Gasteiger partial charge on any atom is -0.422 e. The van der Waals surface area contributed by atoms with E-state index in [1.807, 2.05) is 97.9 Å². The summed E-state index contributed by atoms with van der Waals surface area (Å²) in [5.41, 5.74) is 7.00. The number of para-hydroxylation sites is 2. The molecule has 0 radical (unpaired) electrons. The van der Waals surface area contributed by atoms with Gasteiger partial charge >= 0.3 is 5.63 Å². The molecule has 0 unspecified atom stereocenters. The third kappa shape index (κ3) is 4.78. The van der Waals surface area contributed by atoms with Gasteiger partial charge in [-0.1, -0.05) is 66.7 Å². The topological polar surface area (TPSA) is 92.8 Å². The number of carbonyl (C=O) groups is 2. The Bertz CT molecular complexity index is 2180. The van der Waals surface area contributed by atoms with E-state index in [1.54, 1.807) is 30.3 Å². The summed E-state index contributed by atoms with van der Waals surface area (Å²) >= 11 is 0. The van der Waals surface area contributed by atoms with E-state index in [-0.39, 0.29) is 17.2 Å². The van der Waals surface area contributed by atoms with Crippen molar-refractivity contribution in [1.82, 2.24) is 4.98 Å². The number of pyridine rings is 1. The molecular weight excluding hydrogens is 550 g/mol. The molecule has 2 aliphatic rings. The highest BCUT2D eigenvalue weighted by molar-refractivity contribution is 6.29. The third-order valence-corrected chi connectivity index (χ3v) is 8.05. The molecule has 4 aromatic carbocycles. The molecular formula is C37H27N3O4. The van der Waals surface area contributed by atoms with E-state index in [0.29, 0.717) is 34.4 Å². The monoisotopic (exact) mass is 577 g/mol. The lowest BCUT2D eigenvalue weighted by Gasteiger charge is -2.12. The number of nitrogens with zero attached hydrogens (tertiary/aromatic N) is 3. The first kappa shape index (κ1) is 27.2. The molecule has 44 heavy (non-hydrogen) atoms. The Hall–Kier alpha value is -5.69. The molecule has 6 aromatic rings. The van der Waals surface area contributed by atoms with E-state index in [9.17, 15) is 14.4 Å². The highest BCUT2D eigenvalue weighted by Gasteiger charge is 2.40. The maximum absolute atomic E-state index is 12.5. The average molecular weight is 578 g/mol. The Morgan fingerprint density at radius 2 is 1.39 bits per heavy atom. The Morgan fingerprint density at radius 3 is 2.14 bits per heavy atom. The maximum Gasteiger partial charge on any atom is 0.345 e. The average Bonchev–Trinajstić information content (AvgIpc) is 3.59. The van der Waals surface area contributed by atoms with Crippen molar-refractivity contribution < 1.29 is 14.0 Å². The molecule has 1 aliphatic carbocycles. The standard InChI is InChI=1S/C19H16N2O2.C18H11NO2/c1-21(2)14-8-7-13-9-15(19(22)23-18(13)11-14)17-10-12-5-3-4-6-16(12)20-17;20-17-12-6-2-3-7-13(12)18(21)16(17)15-10-9-11-5-1-4-8-14(11)19-15/h3-9,11H,10H2,1-2H3;1-10,16H. The van der Waals surface area contributed by atoms with Crippen LogP contribution in [0.25, 0.3) is 21.9 Å². The Morgan fingerprint density at radius 1 is 0.705 bits per heavy atom. The van der Waals surface area contributed by atoms with Crippen LogP contribution in [-0.4, -0.2) is 36.4 Å². The molecule has 1 aliphatic heterocycles. The van der Waals surface area contributed by atoms with Gasteiger partial charge < -0.3 is 9.32 Å². The van der Waals surface area contributed by atoms with Gasteiger partial charge in [-0.3, -0.25) is 19.6 Å². The highest BCUT2D eigenvalue weighted by Crippen LogP contribution is 2.34. The van der Waals surface area contributed by atoms with Crippen molar-refractivity contribution in [2.45, 2.75) is 12.3 Å². The lowest BCUT2D eigenvalue weighted by molar-refractivity contribution is 0.0888. The first-order chi connectivity index (χ1) is 21.4. The largest absolute Gasteiger partial charge is 0.422 e. The predicted molar refractivity (Wildman–Crippen MR) is 173 cm³/mol. The van der Waals surface area contributed by atoms with Crippen LogP contribution in [0.5, 0.6) is 0 Å². The number of hydrogen-bond acceptors (Lipinski definition) is 7. The van der Waals surface area contributed by atoms with Crippen molar-refractivity contribution in [1.29, 1.82) is 0 Å². The lowest BCUT2D eigenvalue weighted by Crippen LogP contribution is -2.15. The summed E-state index contributed by atoms with van der Waals surface area (Å²) in [7, 11) is 3.91. The number of ketones is 2. The van der Waals surface area contributed by atoms with Crippen LogP contribution in [0, 0.1) is 0 Å². The molecule has 0 atom stereocenters. The Balaban J connectivity index is 0.000000143. The number of carbonyl (C=O) groups excluding carboxylic acids is 2. The molecule has 0 saturated carbocycles. The van der Waals surface area contributed by atoms with Crippen molar-refractivity contribution in [3.05, 3.63) is 148 Å². The maximum atomic E-state index is 12.5. The number of Topliss-reactive ketones (excluding diaryl/α,β-unsaturated/α-hetero) is 2. The molecule has 8 rings (SSSR count). The van der Waals surface area contributed by atoms with Gasteiger partial charge in [-0.2, -0.15) is 0 Å². The van der Waals surface area contributed by atoms with Gasteiger partial charge in [0.05, 0.1) is 28.2 Å². The van der Waals surface area contributed by atoms with Gasteiger partial charge in [-0.05, 0) is 42.0 Å². The number of aliphatic imine (C=N–C) groups is 1. The second-order valence-electron chi connectivity index (χ2n) is 11.1. The summed E-state index contributed by atoms with van der Waals surface area (Å²) in [6.07, 6.45) is 0.669. The fourth-order valence-corrected chi connectivity index (χ4v) is 5.72. The Labute approximate surface area is 253 Å². The first-order valence-corrected chi connectivity index (χ1v) is 14.3. The normalized spacial score (nSPS) is 13.8. The molecule has 0 spiro atoms. The van der Waals surface area contributed by atoms with Crippen LogP contribution < -0.4 is 10.5 Å². The molecule has 3 heterocycles. The minimum atomic E-state index is -0.799. The molecule has 0 fully saturated rings. The number of hydrogen-bond donors (Lipinski definition) is 0. The summed E-state index contributed by atoms with van der Waals surface area (Å²) in [6, 6.07) is 34.0. The van der Waals surface area contributed by atoms with Crippen LogP contribution in [0.4, 0.5) is 11.4 Å². The fourth-order valence-electron chi connectivity index (χ4n) is 5.72. The lowest BCUT2D eigenvalue weighted by atomic mass is 9.98. The molecule has 0 N–H and O–H groups in total. The van der Waals surface area contributed by atoms with Crippen molar-refractivity contribution in [3.63, 3.8) is 0 Å². The zero-order chi connectivity index (χ0) is 30.4. The molecule has 0 bridgehead atoms. The van der Waals surface area contributed by atoms with Crippen molar-refractivity contribution in [2.24, 2.45) is 4.99 Å². The van der Waals surface area contributed by atoms with E-state index in [0.717, 1.165) is 38.9 Å². The second-order valence-corrected chi connectivity index (χ2v) is 11.1. The summed E-state index contributed by atoms with van der Waals surface area (Å²) in [4.78, 5) is 48.4. The van der Waals surface area contributed by atoms with Crippen LogP contribution in [-0.2, 0) is 6.42 Å². The van der Waals surface area contributed by atoms with Gasteiger partial charge in [-0.25, -0.2) is 4.79 Å². The van der Waals surface area contributed by atoms with Gasteiger partial charge in [0.1, 0.15) is 11.5 Å². The predicted octanol–water partition coefficient (Wildman–Crippen LogP) is 6.93. The van der Waals surface area contributed by atoms with E-state index in [4.69, 9.17) is 4.42 Å². The Kier molecular flexibility index (Phi) is 6.70. The number of benzene rings is 4. The number of rotatable bonds is 3. The van der Waals surface area contributed by atoms with Crippen LogP contribution in [0.2, 0.25) is 0 Å². The van der Waals surface area contributed by atoms with Crippen LogP contribution in [0.1, 0.15) is 43.5 Å². The highest BCUT2D eigenvalue weighted by atomic mass is 16.4. The fraction of sp³-hybridized carbons (Fsp3) is 0.108. The zero-order valence-electron chi connectivity index (χ0n) is 24.2. The van der Waals surface area contributed by atoms with Gasteiger partial charge in [0.2, 0.25) is 0 Å². The van der Waals surface area contributed by atoms with E-state index in [2.05, 4.69) is 9.98 Å². The van der Waals surface area contributed by atoms with Crippen LogP contribution in [0.3, 0.4) is 0 Å². The van der Waals surface area contributed by atoms with Crippen molar-refractivity contribution in [3.8, 4) is 0 Å². The van der Waals surface area contributed by atoms with E-state index in [1.165, 1.54) is 0 Å². The number of aromatic nitrogens is 1. The van der Waals surface area contributed by atoms with E-state index < -0.39 is 5.92 Å². The number of anilines is 1. The van der Waals surface area contributed by atoms with Crippen LogP contribution >= 0.6 is 0 Å². The summed E-state index contributed by atoms with van der Waals surface area (Å²) < 4.78 is 5.53. The molecule has 7 heteroatoms. The summed E-state index contributed by atoms with van der Waals surface area (Å²) in [5.74, 6) is -1.11. The molecule has 7 nitrogen and oxygen atoms in total. The zero-order valence-corrected chi connectivity index (χ0v) is 24.2. The summed E-state index contributed by atoms with van der Waals surface area (Å²) in [6.45, 7) is 0. The van der Waals surface area contributed by atoms with Crippen molar-refractivity contribution in [2.75, 3.05) is 19.0 Å². The van der Waals surface area contributed by atoms with Crippen molar-refractivity contribution >= 4 is 50.5 Å². The molecule has 214 valence electrons. The van der Waals surface area contributed by atoms with E-state index >= 15 is 0 Å². The molecule has 0 saturated heterocycles. The SMILES string of the molecule is CN(C)c1ccc2cc(C3=Nc4ccccc4C3)c(=O)oc2c1.O=C1c2ccccc2C(=O)C1c1ccc2ccccc2n1. The van der Waals surface area contributed by atoms with Gasteiger partial charge in [0.15, 0.2) is 11.6 Å². The first-order valence-electron chi connectivity index (χ1n) is 14.3. The number of fused-ring (bicyclic) bond motifs is 4. The quantitative estimate of drug-likeness (QED) is 0.167. The smallest absolute Gasteiger partial charge is 0.345 e. The second kappa shape index (κ2) is 10.9. The minimum absolute atomic E-state index is 0.154. The van der Waals surface area contributed by atoms with Crippen LogP contribution in [0.15, 0.2) is 123 Å². The summed E-state index contributed by atoms with van der Waals surface area (Å²) in [5, 5.41) is 1.90. The van der Waals surface area contributed by atoms with Gasteiger partial charge in [0, 0.05) is 54.2 Å². The van der Waals surface area contributed by atoms with Gasteiger partial charge in [0.25, 0.3) is 0 Å². The molecule has 2 aromatic heterocycles. The third-order valence-electron chi connectivity index (χ3n) is 8.05. The van der Waals surface area contributed by atoms with Gasteiger partial charge in [-0.15, -0.1) is 0 Å². The molecule has 0 amide bonds.